The molecule has 0 saturated carbocycles. The standard InChI is InChI=1S/C27H28N6O2/c34-27(24-8-4-5-14-28-24)29-18-26-31-30-25-13-15-32(16-17-33(25)26)19-21-9-11-23(12-10-21)35-20-22-6-2-1-3-7-22/h1-12,14H,13,15-20H2,(H,29,34). The molecule has 2 aromatic heterocycles. The van der Waals surface area contributed by atoms with Crippen LogP contribution in [0.3, 0.4) is 0 Å². The Morgan fingerprint density at radius 1 is 0.886 bits per heavy atom. The fourth-order valence-electron chi connectivity index (χ4n) is 4.15. The highest BCUT2D eigenvalue weighted by atomic mass is 16.5. The average molecular weight is 469 g/mol. The molecule has 1 aliphatic rings. The maximum absolute atomic E-state index is 12.3. The Hall–Kier alpha value is -4.04. The first kappa shape index (κ1) is 22.7. The molecule has 8 nitrogen and oxygen atoms in total. The second-order valence-electron chi connectivity index (χ2n) is 8.53. The van der Waals surface area contributed by atoms with Crippen molar-refractivity contribution in [3.8, 4) is 5.75 Å². The summed E-state index contributed by atoms with van der Waals surface area (Å²) in [5, 5.41) is 11.6. The van der Waals surface area contributed by atoms with Crippen molar-refractivity contribution in [2.24, 2.45) is 0 Å². The molecule has 1 N–H and O–H groups in total. The Morgan fingerprint density at radius 3 is 2.51 bits per heavy atom. The summed E-state index contributed by atoms with van der Waals surface area (Å²) in [4.78, 5) is 18.8. The van der Waals surface area contributed by atoms with Crippen LogP contribution in [-0.4, -0.2) is 43.6 Å². The molecule has 5 rings (SSSR count). The molecular formula is C27H28N6O2. The third kappa shape index (κ3) is 5.91. The molecule has 3 heterocycles. The molecule has 35 heavy (non-hydrogen) atoms. The van der Waals surface area contributed by atoms with Crippen molar-refractivity contribution in [2.45, 2.75) is 32.7 Å². The van der Waals surface area contributed by atoms with Crippen molar-refractivity contribution < 1.29 is 9.53 Å². The van der Waals surface area contributed by atoms with Gasteiger partial charge in [0.1, 0.15) is 23.9 Å². The van der Waals surface area contributed by atoms with Gasteiger partial charge in [-0.3, -0.25) is 14.7 Å². The van der Waals surface area contributed by atoms with Gasteiger partial charge in [0.25, 0.3) is 5.91 Å². The predicted octanol–water partition coefficient (Wildman–Crippen LogP) is 3.24. The van der Waals surface area contributed by atoms with E-state index in [1.807, 2.05) is 30.3 Å². The normalized spacial score (nSPS) is 13.6. The Kier molecular flexibility index (Phi) is 7.10. The van der Waals surface area contributed by atoms with Gasteiger partial charge in [-0.2, -0.15) is 0 Å². The van der Waals surface area contributed by atoms with Gasteiger partial charge in [-0.05, 0) is 35.4 Å². The summed E-state index contributed by atoms with van der Waals surface area (Å²) < 4.78 is 8.03. The summed E-state index contributed by atoms with van der Waals surface area (Å²) in [5.74, 6) is 2.39. The average Bonchev–Trinajstić information content (AvgIpc) is 3.19. The molecule has 1 amide bonds. The number of benzene rings is 2. The van der Waals surface area contributed by atoms with Crippen molar-refractivity contribution in [3.63, 3.8) is 0 Å². The Balaban J connectivity index is 1.13. The van der Waals surface area contributed by atoms with E-state index < -0.39 is 0 Å². The fourth-order valence-corrected chi connectivity index (χ4v) is 4.15. The topological polar surface area (TPSA) is 85.2 Å². The zero-order valence-corrected chi connectivity index (χ0v) is 19.5. The van der Waals surface area contributed by atoms with Crippen molar-refractivity contribution in [3.05, 3.63) is 107 Å². The molecule has 0 atom stereocenters. The van der Waals surface area contributed by atoms with Crippen LogP contribution in [0.2, 0.25) is 0 Å². The van der Waals surface area contributed by atoms with Gasteiger partial charge >= 0.3 is 0 Å². The number of carbonyl (C=O) groups excluding carboxylic acids is 1. The van der Waals surface area contributed by atoms with Gasteiger partial charge in [-0.15, -0.1) is 10.2 Å². The van der Waals surface area contributed by atoms with E-state index in [0.717, 1.165) is 55.6 Å². The quantitative estimate of drug-likeness (QED) is 0.427. The largest absolute Gasteiger partial charge is 0.489 e. The predicted molar refractivity (Wildman–Crippen MR) is 132 cm³/mol. The van der Waals surface area contributed by atoms with Gasteiger partial charge in [0.2, 0.25) is 0 Å². The number of fused-ring (bicyclic) bond motifs is 1. The third-order valence-corrected chi connectivity index (χ3v) is 6.08. The van der Waals surface area contributed by atoms with Crippen LogP contribution in [0.1, 0.15) is 33.3 Å². The van der Waals surface area contributed by atoms with E-state index >= 15 is 0 Å². The molecule has 0 spiro atoms. The highest BCUT2D eigenvalue weighted by Crippen LogP contribution is 2.17. The Morgan fingerprint density at radius 2 is 1.71 bits per heavy atom. The number of hydrogen-bond donors (Lipinski definition) is 1. The van der Waals surface area contributed by atoms with E-state index in [4.69, 9.17) is 4.74 Å². The third-order valence-electron chi connectivity index (χ3n) is 6.08. The van der Waals surface area contributed by atoms with Gasteiger partial charge in [-0.25, -0.2) is 0 Å². The van der Waals surface area contributed by atoms with Crippen LogP contribution in [0.5, 0.6) is 5.75 Å². The van der Waals surface area contributed by atoms with Crippen molar-refractivity contribution >= 4 is 5.91 Å². The fraction of sp³-hybridized carbons (Fsp3) is 0.259. The molecule has 0 aliphatic carbocycles. The summed E-state index contributed by atoms with van der Waals surface area (Å²) in [6.07, 6.45) is 2.43. The summed E-state index contributed by atoms with van der Waals surface area (Å²) in [7, 11) is 0. The molecule has 4 aromatic rings. The molecule has 0 bridgehead atoms. The minimum absolute atomic E-state index is 0.214. The number of carbonyl (C=O) groups is 1. The first-order chi connectivity index (χ1) is 17.2. The van der Waals surface area contributed by atoms with Crippen LogP contribution in [0.4, 0.5) is 0 Å². The maximum atomic E-state index is 12.3. The second kappa shape index (κ2) is 10.9. The van der Waals surface area contributed by atoms with Gasteiger partial charge in [-0.1, -0.05) is 48.5 Å². The number of ether oxygens (including phenoxy) is 1. The molecule has 0 saturated heterocycles. The lowest BCUT2D eigenvalue weighted by atomic mass is 10.2. The summed E-state index contributed by atoms with van der Waals surface area (Å²) in [6.45, 7) is 4.34. The second-order valence-corrected chi connectivity index (χ2v) is 8.53. The zero-order valence-electron chi connectivity index (χ0n) is 19.5. The smallest absolute Gasteiger partial charge is 0.270 e. The molecular weight excluding hydrogens is 440 g/mol. The highest BCUT2D eigenvalue weighted by molar-refractivity contribution is 5.92. The highest BCUT2D eigenvalue weighted by Gasteiger charge is 2.19. The lowest BCUT2D eigenvalue weighted by Crippen LogP contribution is -2.28. The van der Waals surface area contributed by atoms with Gasteiger partial charge in [0, 0.05) is 38.8 Å². The number of rotatable bonds is 8. The SMILES string of the molecule is O=C(NCc1nnc2n1CCN(Cc1ccc(OCc3ccccc3)cc1)CC2)c1ccccn1. The minimum atomic E-state index is -0.214. The van der Waals surface area contributed by atoms with Crippen molar-refractivity contribution in [2.75, 3.05) is 13.1 Å². The van der Waals surface area contributed by atoms with E-state index in [0.29, 0.717) is 18.8 Å². The molecule has 178 valence electrons. The summed E-state index contributed by atoms with van der Waals surface area (Å²) >= 11 is 0. The van der Waals surface area contributed by atoms with Gasteiger partial charge < -0.3 is 14.6 Å². The van der Waals surface area contributed by atoms with Crippen LogP contribution in [0.25, 0.3) is 0 Å². The molecule has 1 aliphatic heterocycles. The first-order valence-electron chi connectivity index (χ1n) is 11.8. The van der Waals surface area contributed by atoms with Gasteiger partial charge in [0.15, 0.2) is 5.82 Å². The zero-order chi connectivity index (χ0) is 23.9. The van der Waals surface area contributed by atoms with E-state index in [1.54, 1.807) is 24.4 Å². The van der Waals surface area contributed by atoms with Crippen LogP contribution < -0.4 is 10.1 Å². The van der Waals surface area contributed by atoms with Crippen molar-refractivity contribution in [1.82, 2.24) is 30.0 Å². The number of nitrogens with zero attached hydrogens (tertiary/aromatic N) is 5. The lowest BCUT2D eigenvalue weighted by molar-refractivity contribution is 0.0944. The van der Waals surface area contributed by atoms with Gasteiger partial charge in [0.05, 0.1) is 6.54 Å². The van der Waals surface area contributed by atoms with E-state index in [2.05, 4.69) is 54.2 Å². The first-order valence-corrected chi connectivity index (χ1v) is 11.8. The van der Waals surface area contributed by atoms with Crippen LogP contribution >= 0.6 is 0 Å². The van der Waals surface area contributed by atoms with Crippen LogP contribution in [0, 0.1) is 0 Å². The van der Waals surface area contributed by atoms with Crippen LogP contribution in [0.15, 0.2) is 79.0 Å². The Labute approximate surface area is 204 Å². The molecule has 8 heteroatoms. The minimum Gasteiger partial charge on any atom is -0.489 e. The molecule has 0 radical (unpaired) electrons. The molecule has 0 unspecified atom stereocenters. The van der Waals surface area contributed by atoms with E-state index in [1.165, 1.54) is 5.56 Å². The maximum Gasteiger partial charge on any atom is 0.270 e. The summed E-state index contributed by atoms with van der Waals surface area (Å²) in [6, 6.07) is 23.8. The van der Waals surface area contributed by atoms with Crippen molar-refractivity contribution in [1.29, 1.82) is 0 Å². The number of nitrogens with one attached hydrogen (secondary N) is 1. The number of aromatic nitrogens is 4. The van der Waals surface area contributed by atoms with Crippen LogP contribution in [-0.2, 0) is 32.7 Å². The number of amides is 1. The van der Waals surface area contributed by atoms with E-state index in [9.17, 15) is 4.79 Å². The Bertz CT molecular complexity index is 1240. The number of hydrogen-bond acceptors (Lipinski definition) is 6. The molecule has 0 fully saturated rings. The number of pyridine rings is 1. The monoisotopic (exact) mass is 468 g/mol. The van der Waals surface area contributed by atoms with E-state index in [-0.39, 0.29) is 5.91 Å². The molecule has 2 aromatic carbocycles. The lowest BCUT2D eigenvalue weighted by Gasteiger charge is -2.20. The summed E-state index contributed by atoms with van der Waals surface area (Å²) in [5.41, 5.74) is 2.80.